The Kier molecular flexibility index (Phi) is 3.56. The SMILES string of the molecule is C=C1OC(=O)c2ccc(C(C)(c3ccc4c(c3)C(=O)OC4=O)C(F)(F)F)cc21. The van der Waals surface area contributed by atoms with Crippen LogP contribution in [0.3, 0.4) is 0 Å². The molecule has 0 aliphatic carbocycles. The van der Waals surface area contributed by atoms with Gasteiger partial charge in [-0.25, -0.2) is 14.4 Å². The molecule has 1 atom stereocenters. The highest BCUT2D eigenvalue weighted by Crippen LogP contribution is 2.48. The number of carbonyl (C=O) groups excluding carboxylic acids is 3. The molecule has 0 fully saturated rings. The van der Waals surface area contributed by atoms with Gasteiger partial charge in [-0.3, -0.25) is 0 Å². The van der Waals surface area contributed by atoms with E-state index in [2.05, 4.69) is 11.3 Å². The van der Waals surface area contributed by atoms with Gasteiger partial charge >= 0.3 is 24.1 Å². The van der Waals surface area contributed by atoms with Crippen LogP contribution in [0, 0.1) is 0 Å². The van der Waals surface area contributed by atoms with Gasteiger partial charge in [-0.1, -0.05) is 18.7 Å². The van der Waals surface area contributed by atoms with Gasteiger partial charge < -0.3 is 9.47 Å². The Bertz CT molecular complexity index is 1020. The molecule has 5 nitrogen and oxygen atoms in total. The molecule has 8 heteroatoms. The first kappa shape index (κ1) is 18.0. The predicted molar refractivity (Wildman–Crippen MR) is 89.6 cm³/mol. The Morgan fingerprint density at radius 3 is 1.79 bits per heavy atom. The number of esters is 3. The Balaban J connectivity index is 1.93. The van der Waals surface area contributed by atoms with Crippen LogP contribution in [0.25, 0.3) is 5.76 Å². The van der Waals surface area contributed by atoms with Crippen LogP contribution in [0.2, 0.25) is 0 Å². The van der Waals surface area contributed by atoms with Crippen LogP contribution in [0.4, 0.5) is 13.2 Å². The number of ether oxygens (including phenoxy) is 2. The fraction of sp³-hybridized carbons (Fsp3) is 0.150. The molecule has 2 heterocycles. The van der Waals surface area contributed by atoms with E-state index in [9.17, 15) is 27.6 Å². The average molecular weight is 388 g/mol. The van der Waals surface area contributed by atoms with Crippen LogP contribution >= 0.6 is 0 Å². The maximum Gasteiger partial charge on any atom is 0.402 e. The minimum absolute atomic E-state index is 0.0329. The molecule has 0 bridgehead atoms. The van der Waals surface area contributed by atoms with Crippen LogP contribution in [0.15, 0.2) is 43.0 Å². The van der Waals surface area contributed by atoms with Crippen LogP contribution in [-0.2, 0) is 14.9 Å². The van der Waals surface area contributed by atoms with Crippen LogP contribution in [0.5, 0.6) is 0 Å². The smallest absolute Gasteiger partial charge is 0.402 e. The molecule has 0 spiro atoms. The van der Waals surface area contributed by atoms with E-state index < -0.39 is 29.5 Å². The van der Waals surface area contributed by atoms with E-state index in [-0.39, 0.29) is 39.1 Å². The van der Waals surface area contributed by atoms with Gasteiger partial charge in [-0.15, -0.1) is 0 Å². The summed E-state index contributed by atoms with van der Waals surface area (Å²) >= 11 is 0. The highest BCUT2D eigenvalue weighted by Gasteiger charge is 2.54. The van der Waals surface area contributed by atoms with Crippen molar-refractivity contribution in [1.82, 2.24) is 0 Å². The lowest BCUT2D eigenvalue weighted by Gasteiger charge is -2.33. The number of benzene rings is 2. The van der Waals surface area contributed by atoms with E-state index in [1.54, 1.807) is 0 Å². The molecule has 28 heavy (non-hydrogen) atoms. The van der Waals surface area contributed by atoms with Crippen molar-refractivity contribution in [3.63, 3.8) is 0 Å². The Labute approximate surface area is 156 Å². The molecule has 0 N–H and O–H groups in total. The van der Waals surface area contributed by atoms with Crippen LogP contribution in [-0.4, -0.2) is 24.1 Å². The van der Waals surface area contributed by atoms with Gasteiger partial charge in [0.15, 0.2) is 0 Å². The molecule has 0 saturated carbocycles. The molecular formula is C20H11F3O5. The summed E-state index contributed by atoms with van der Waals surface area (Å²) in [6.07, 6.45) is -4.76. The Morgan fingerprint density at radius 1 is 0.750 bits per heavy atom. The van der Waals surface area contributed by atoms with Gasteiger partial charge in [0, 0.05) is 5.56 Å². The minimum Gasteiger partial charge on any atom is -0.423 e. The fourth-order valence-electron chi connectivity index (χ4n) is 3.38. The van der Waals surface area contributed by atoms with E-state index in [1.165, 1.54) is 18.2 Å². The standard InChI is InChI=1S/C20H11F3O5/c1-9-14-7-10(3-5-12(14)16(24)27-9)19(2,20(21,22)23)11-4-6-13-15(8-11)18(26)28-17(13)25/h3-8H,1H2,2H3. The second-order valence-corrected chi connectivity index (χ2v) is 6.63. The summed E-state index contributed by atoms with van der Waals surface area (Å²) in [5.74, 6) is -2.61. The molecular weight excluding hydrogens is 377 g/mol. The molecule has 2 aliphatic rings. The molecule has 4 rings (SSSR count). The van der Waals surface area contributed by atoms with Crippen LogP contribution in [0.1, 0.15) is 54.7 Å². The molecule has 2 aromatic carbocycles. The van der Waals surface area contributed by atoms with Gasteiger partial charge in [-0.05, 0) is 42.3 Å². The predicted octanol–water partition coefficient (Wildman–Crippen LogP) is 4.01. The second kappa shape index (κ2) is 5.54. The van der Waals surface area contributed by atoms with Crippen molar-refractivity contribution in [2.45, 2.75) is 18.5 Å². The van der Waals surface area contributed by atoms with Crippen molar-refractivity contribution < 1.29 is 37.0 Å². The van der Waals surface area contributed by atoms with Gasteiger partial charge in [0.25, 0.3) is 0 Å². The number of hydrogen-bond donors (Lipinski definition) is 0. The van der Waals surface area contributed by atoms with Crippen molar-refractivity contribution in [3.05, 3.63) is 76.4 Å². The number of alkyl halides is 3. The third-order valence-electron chi connectivity index (χ3n) is 5.12. The zero-order valence-electron chi connectivity index (χ0n) is 14.3. The molecule has 2 aromatic rings. The topological polar surface area (TPSA) is 69.7 Å². The number of fused-ring (bicyclic) bond motifs is 2. The molecule has 0 aromatic heterocycles. The summed E-state index contributed by atoms with van der Waals surface area (Å²) in [5, 5.41) is 0. The normalized spacial score (nSPS) is 17.7. The van der Waals surface area contributed by atoms with Crippen molar-refractivity contribution in [2.75, 3.05) is 0 Å². The third kappa shape index (κ3) is 2.30. The minimum atomic E-state index is -4.76. The van der Waals surface area contributed by atoms with E-state index in [0.29, 0.717) is 0 Å². The number of hydrogen-bond acceptors (Lipinski definition) is 5. The van der Waals surface area contributed by atoms with Crippen molar-refractivity contribution in [1.29, 1.82) is 0 Å². The highest BCUT2D eigenvalue weighted by atomic mass is 19.4. The summed E-state index contributed by atoms with van der Waals surface area (Å²) in [5.41, 5.74) is -2.96. The summed E-state index contributed by atoms with van der Waals surface area (Å²) in [6.45, 7) is 4.50. The summed E-state index contributed by atoms with van der Waals surface area (Å²) in [6, 6.07) is 6.92. The fourth-order valence-corrected chi connectivity index (χ4v) is 3.38. The summed E-state index contributed by atoms with van der Waals surface area (Å²) in [4.78, 5) is 35.1. The van der Waals surface area contributed by atoms with Crippen molar-refractivity contribution >= 4 is 23.7 Å². The van der Waals surface area contributed by atoms with Crippen molar-refractivity contribution in [2.24, 2.45) is 0 Å². The average Bonchev–Trinajstić information content (AvgIpc) is 3.08. The lowest BCUT2D eigenvalue weighted by molar-refractivity contribution is -0.173. The number of cyclic esters (lactones) is 3. The zero-order chi connectivity index (χ0) is 20.4. The van der Waals surface area contributed by atoms with Gasteiger partial charge in [0.05, 0.1) is 16.7 Å². The maximum absolute atomic E-state index is 14.2. The van der Waals surface area contributed by atoms with Crippen molar-refractivity contribution in [3.8, 4) is 0 Å². The maximum atomic E-state index is 14.2. The van der Waals surface area contributed by atoms with Crippen LogP contribution < -0.4 is 0 Å². The van der Waals surface area contributed by atoms with Gasteiger partial charge in [0.1, 0.15) is 11.2 Å². The monoisotopic (exact) mass is 388 g/mol. The van der Waals surface area contributed by atoms with E-state index in [4.69, 9.17) is 4.74 Å². The van der Waals surface area contributed by atoms with E-state index >= 15 is 0 Å². The zero-order valence-corrected chi connectivity index (χ0v) is 14.3. The first-order valence-corrected chi connectivity index (χ1v) is 8.08. The Hall–Kier alpha value is -3.42. The number of rotatable bonds is 2. The third-order valence-corrected chi connectivity index (χ3v) is 5.12. The molecule has 2 aliphatic heterocycles. The molecule has 142 valence electrons. The first-order chi connectivity index (χ1) is 13.0. The van der Waals surface area contributed by atoms with Gasteiger partial charge in [-0.2, -0.15) is 13.2 Å². The lowest BCUT2D eigenvalue weighted by Crippen LogP contribution is -2.40. The Morgan fingerprint density at radius 2 is 1.21 bits per heavy atom. The molecule has 1 unspecified atom stereocenters. The quantitative estimate of drug-likeness (QED) is 0.574. The van der Waals surface area contributed by atoms with Gasteiger partial charge in [0.2, 0.25) is 0 Å². The lowest BCUT2D eigenvalue weighted by atomic mass is 9.74. The van der Waals surface area contributed by atoms with E-state index in [1.807, 2.05) is 0 Å². The largest absolute Gasteiger partial charge is 0.423 e. The number of halogens is 3. The second-order valence-electron chi connectivity index (χ2n) is 6.63. The highest BCUT2D eigenvalue weighted by molar-refractivity contribution is 6.14. The molecule has 0 radical (unpaired) electrons. The molecule has 0 saturated heterocycles. The molecule has 0 amide bonds. The summed E-state index contributed by atoms with van der Waals surface area (Å²) in [7, 11) is 0. The summed E-state index contributed by atoms with van der Waals surface area (Å²) < 4.78 is 52.0. The number of carbonyl (C=O) groups is 3. The van der Waals surface area contributed by atoms with E-state index in [0.717, 1.165) is 25.1 Å². The first-order valence-electron chi connectivity index (χ1n) is 8.08.